The van der Waals surface area contributed by atoms with E-state index in [9.17, 15) is 9.59 Å². The first-order valence-corrected chi connectivity index (χ1v) is 4.88. The first kappa shape index (κ1) is 12.3. The lowest BCUT2D eigenvalue weighted by atomic mass is 10.4. The van der Waals surface area contributed by atoms with Gasteiger partial charge in [-0.1, -0.05) is 0 Å². The minimum Gasteiger partial charge on any atom is -0.395 e. The molecule has 0 atom stereocenters. The average Bonchev–Trinajstić information content (AvgIpc) is 2.29. The molecule has 0 amide bonds. The molecule has 1 aromatic heterocycles. The fraction of sp³-hybridized carbons (Fsp3) is 0.556. The summed E-state index contributed by atoms with van der Waals surface area (Å²) < 4.78 is 2.32. The maximum atomic E-state index is 11.9. The minimum absolute atomic E-state index is 0.00974. The molecule has 0 fully saturated rings. The standard InChI is InChI=1S/C9H16N4O3/c1-10-6-7(11-2)12(3)9(16)13(4-5-14)8(6)15/h10-11,14H,4-5H2,1-3H3. The highest BCUT2D eigenvalue weighted by Gasteiger charge is 2.14. The van der Waals surface area contributed by atoms with Crippen LogP contribution in [0.25, 0.3) is 0 Å². The highest BCUT2D eigenvalue weighted by Crippen LogP contribution is 2.11. The number of nitrogens with zero attached hydrogens (tertiary/aromatic N) is 2. The molecule has 90 valence electrons. The molecular formula is C9H16N4O3. The summed E-state index contributed by atoms with van der Waals surface area (Å²) in [5, 5.41) is 14.3. The third-order valence-corrected chi connectivity index (χ3v) is 2.36. The van der Waals surface area contributed by atoms with Crippen LogP contribution in [-0.2, 0) is 13.6 Å². The van der Waals surface area contributed by atoms with Crippen LogP contribution in [0.1, 0.15) is 0 Å². The van der Waals surface area contributed by atoms with Gasteiger partial charge in [0, 0.05) is 21.1 Å². The summed E-state index contributed by atoms with van der Waals surface area (Å²) in [7, 11) is 4.79. The van der Waals surface area contributed by atoms with Crippen molar-refractivity contribution in [3.05, 3.63) is 20.8 Å². The second kappa shape index (κ2) is 4.84. The summed E-state index contributed by atoms with van der Waals surface area (Å²) in [6.45, 7) is -0.263. The molecule has 0 aromatic carbocycles. The minimum atomic E-state index is -0.456. The van der Waals surface area contributed by atoms with Gasteiger partial charge in [0.1, 0.15) is 11.5 Å². The number of nitrogens with one attached hydrogen (secondary N) is 2. The third-order valence-electron chi connectivity index (χ3n) is 2.36. The molecule has 0 bridgehead atoms. The van der Waals surface area contributed by atoms with Crippen molar-refractivity contribution in [2.24, 2.45) is 7.05 Å². The number of aliphatic hydroxyl groups excluding tert-OH is 1. The molecular weight excluding hydrogens is 212 g/mol. The zero-order valence-corrected chi connectivity index (χ0v) is 9.57. The van der Waals surface area contributed by atoms with Crippen LogP contribution < -0.4 is 21.9 Å². The Morgan fingerprint density at radius 2 is 1.88 bits per heavy atom. The van der Waals surface area contributed by atoms with Gasteiger partial charge in [-0.2, -0.15) is 0 Å². The van der Waals surface area contributed by atoms with E-state index >= 15 is 0 Å². The van der Waals surface area contributed by atoms with E-state index in [1.807, 2.05) is 0 Å². The second-order valence-corrected chi connectivity index (χ2v) is 3.25. The van der Waals surface area contributed by atoms with Crippen LogP contribution in [0.2, 0.25) is 0 Å². The fourth-order valence-corrected chi connectivity index (χ4v) is 1.58. The van der Waals surface area contributed by atoms with Gasteiger partial charge in [-0.15, -0.1) is 0 Å². The van der Waals surface area contributed by atoms with E-state index in [1.54, 1.807) is 21.1 Å². The molecule has 0 aliphatic carbocycles. The van der Waals surface area contributed by atoms with Gasteiger partial charge in [-0.25, -0.2) is 4.79 Å². The van der Waals surface area contributed by atoms with Crippen molar-refractivity contribution >= 4 is 11.5 Å². The molecule has 7 nitrogen and oxygen atoms in total. The van der Waals surface area contributed by atoms with Crippen molar-refractivity contribution in [1.29, 1.82) is 0 Å². The summed E-state index contributed by atoms with van der Waals surface area (Å²) in [5.41, 5.74) is -0.593. The van der Waals surface area contributed by atoms with Crippen molar-refractivity contribution in [3.8, 4) is 0 Å². The SMILES string of the molecule is CNc1c(NC)n(C)c(=O)n(CCO)c1=O. The Balaban J connectivity index is 3.63. The molecule has 7 heteroatoms. The van der Waals surface area contributed by atoms with E-state index in [0.29, 0.717) is 11.5 Å². The summed E-state index contributed by atoms with van der Waals surface area (Å²) in [4.78, 5) is 23.7. The number of aromatic nitrogens is 2. The summed E-state index contributed by atoms with van der Waals surface area (Å²) >= 11 is 0. The van der Waals surface area contributed by atoms with E-state index in [4.69, 9.17) is 5.11 Å². The molecule has 3 N–H and O–H groups in total. The topological polar surface area (TPSA) is 88.3 Å². The number of hydrogen-bond acceptors (Lipinski definition) is 5. The van der Waals surface area contributed by atoms with Crippen LogP contribution in [0.4, 0.5) is 11.5 Å². The van der Waals surface area contributed by atoms with Gasteiger partial charge in [0.15, 0.2) is 0 Å². The zero-order valence-electron chi connectivity index (χ0n) is 9.57. The zero-order chi connectivity index (χ0) is 12.3. The number of aliphatic hydroxyl groups is 1. The molecule has 0 spiro atoms. The Labute approximate surface area is 92.3 Å². The van der Waals surface area contributed by atoms with Crippen LogP contribution in [-0.4, -0.2) is 34.9 Å². The molecule has 0 radical (unpaired) electrons. The monoisotopic (exact) mass is 228 g/mol. The largest absolute Gasteiger partial charge is 0.395 e. The normalized spacial score (nSPS) is 10.2. The van der Waals surface area contributed by atoms with Crippen LogP contribution in [0.15, 0.2) is 9.59 Å². The van der Waals surface area contributed by atoms with Crippen molar-refractivity contribution in [1.82, 2.24) is 9.13 Å². The lowest BCUT2D eigenvalue weighted by molar-refractivity contribution is 0.270. The highest BCUT2D eigenvalue weighted by molar-refractivity contribution is 5.62. The van der Waals surface area contributed by atoms with Gasteiger partial charge in [0.2, 0.25) is 0 Å². The van der Waals surface area contributed by atoms with Gasteiger partial charge in [0.25, 0.3) is 5.56 Å². The van der Waals surface area contributed by atoms with Gasteiger partial charge < -0.3 is 15.7 Å². The van der Waals surface area contributed by atoms with E-state index in [2.05, 4.69) is 10.6 Å². The quantitative estimate of drug-likeness (QED) is 0.591. The lowest BCUT2D eigenvalue weighted by Gasteiger charge is -2.15. The van der Waals surface area contributed by atoms with Crippen molar-refractivity contribution < 1.29 is 5.11 Å². The predicted octanol–water partition coefficient (Wildman–Crippen LogP) is -1.38. The highest BCUT2D eigenvalue weighted by atomic mass is 16.3. The van der Waals surface area contributed by atoms with E-state index < -0.39 is 11.2 Å². The van der Waals surface area contributed by atoms with Crippen molar-refractivity contribution in [2.75, 3.05) is 31.3 Å². The molecule has 16 heavy (non-hydrogen) atoms. The molecule has 1 heterocycles. The van der Waals surface area contributed by atoms with Gasteiger partial charge in [-0.3, -0.25) is 13.9 Å². The Bertz CT molecular complexity index is 489. The van der Waals surface area contributed by atoms with E-state index in [-0.39, 0.29) is 13.2 Å². The van der Waals surface area contributed by atoms with Crippen LogP contribution in [0, 0.1) is 0 Å². The Hall–Kier alpha value is -1.76. The maximum Gasteiger partial charge on any atom is 0.332 e. The molecule has 0 unspecified atom stereocenters. The van der Waals surface area contributed by atoms with E-state index in [1.165, 1.54) is 4.57 Å². The molecule has 1 rings (SSSR count). The second-order valence-electron chi connectivity index (χ2n) is 3.25. The summed E-state index contributed by atoms with van der Waals surface area (Å²) in [6.07, 6.45) is 0. The fourth-order valence-electron chi connectivity index (χ4n) is 1.58. The molecule has 0 aliphatic rings. The van der Waals surface area contributed by atoms with Gasteiger partial charge in [0.05, 0.1) is 13.2 Å². The van der Waals surface area contributed by atoms with Gasteiger partial charge in [-0.05, 0) is 0 Å². The Morgan fingerprint density at radius 3 is 2.31 bits per heavy atom. The van der Waals surface area contributed by atoms with E-state index in [0.717, 1.165) is 4.57 Å². The smallest absolute Gasteiger partial charge is 0.332 e. The molecule has 0 aliphatic heterocycles. The molecule has 0 saturated heterocycles. The summed E-state index contributed by atoms with van der Waals surface area (Å²) in [6, 6.07) is 0. The number of rotatable bonds is 4. The number of hydrogen-bond donors (Lipinski definition) is 3. The maximum absolute atomic E-state index is 11.9. The van der Waals surface area contributed by atoms with Gasteiger partial charge >= 0.3 is 5.69 Å². The first-order chi connectivity index (χ1) is 7.58. The molecule has 0 saturated carbocycles. The van der Waals surface area contributed by atoms with Crippen LogP contribution >= 0.6 is 0 Å². The van der Waals surface area contributed by atoms with Crippen LogP contribution in [0.3, 0.4) is 0 Å². The van der Waals surface area contributed by atoms with Crippen LogP contribution in [0.5, 0.6) is 0 Å². The first-order valence-electron chi connectivity index (χ1n) is 4.88. The lowest BCUT2D eigenvalue weighted by Crippen LogP contribution is -2.41. The Kier molecular flexibility index (Phi) is 3.73. The van der Waals surface area contributed by atoms with Crippen molar-refractivity contribution in [3.63, 3.8) is 0 Å². The predicted molar refractivity (Wildman–Crippen MR) is 62.1 cm³/mol. The Morgan fingerprint density at radius 1 is 1.25 bits per heavy atom. The van der Waals surface area contributed by atoms with Crippen molar-refractivity contribution in [2.45, 2.75) is 6.54 Å². The third kappa shape index (κ3) is 1.81. The average molecular weight is 228 g/mol. The number of anilines is 2. The molecule has 1 aromatic rings. The summed E-state index contributed by atoms with van der Waals surface area (Å²) in [5.74, 6) is 0.423.